The molecule has 0 saturated heterocycles. The molecule has 0 radical (unpaired) electrons. The number of nitrogens with two attached hydrogens (primary N) is 1. The summed E-state index contributed by atoms with van der Waals surface area (Å²) in [6.45, 7) is 0.923. The Morgan fingerprint density at radius 2 is 2.05 bits per heavy atom. The van der Waals surface area contributed by atoms with Crippen molar-refractivity contribution in [2.75, 3.05) is 20.4 Å². The van der Waals surface area contributed by atoms with E-state index in [1.807, 2.05) is 12.1 Å². The van der Waals surface area contributed by atoms with E-state index >= 15 is 0 Å². The van der Waals surface area contributed by atoms with Crippen molar-refractivity contribution < 1.29 is 14.2 Å². The molecular formula is C17H17NO3. The molecule has 2 aliphatic rings. The van der Waals surface area contributed by atoms with E-state index in [1.54, 1.807) is 7.11 Å². The quantitative estimate of drug-likeness (QED) is 0.941. The van der Waals surface area contributed by atoms with Gasteiger partial charge in [0, 0.05) is 11.5 Å². The molecule has 2 N–H and O–H groups in total. The maximum absolute atomic E-state index is 5.84. The van der Waals surface area contributed by atoms with E-state index in [-0.39, 0.29) is 5.92 Å². The van der Waals surface area contributed by atoms with Gasteiger partial charge in [-0.3, -0.25) is 0 Å². The highest BCUT2D eigenvalue weighted by atomic mass is 16.7. The lowest BCUT2D eigenvalue weighted by atomic mass is 9.92. The molecule has 1 heterocycles. The van der Waals surface area contributed by atoms with E-state index in [9.17, 15) is 0 Å². The van der Waals surface area contributed by atoms with Gasteiger partial charge in [0.2, 0.25) is 6.79 Å². The number of benzene rings is 2. The van der Waals surface area contributed by atoms with Crippen LogP contribution >= 0.6 is 0 Å². The van der Waals surface area contributed by atoms with Crippen LogP contribution in [0.1, 0.15) is 23.5 Å². The Kier molecular flexibility index (Phi) is 2.79. The summed E-state index contributed by atoms with van der Waals surface area (Å²) in [5.74, 6) is 2.82. The summed E-state index contributed by atoms with van der Waals surface area (Å²) in [5, 5.41) is 0. The van der Waals surface area contributed by atoms with Crippen LogP contribution in [0.5, 0.6) is 17.2 Å². The molecule has 0 aromatic heterocycles. The van der Waals surface area contributed by atoms with Crippen molar-refractivity contribution in [2.45, 2.75) is 12.3 Å². The molecule has 1 atom stereocenters. The van der Waals surface area contributed by atoms with Crippen molar-refractivity contribution in [3.8, 4) is 28.4 Å². The van der Waals surface area contributed by atoms with E-state index in [0.29, 0.717) is 13.3 Å². The van der Waals surface area contributed by atoms with Crippen LogP contribution in [-0.2, 0) is 0 Å². The first kappa shape index (κ1) is 12.5. The Morgan fingerprint density at radius 3 is 2.86 bits per heavy atom. The number of rotatable bonds is 3. The van der Waals surface area contributed by atoms with Crippen molar-refractivity contribution in [3.63, 3.8) is 0 Å². The molecule has 108 valence electrons. The largest absolute Gasteiger partial charge is 0.497 e. The molecule has 4 rings (SSSR count). The number of hydrogen-bond acceptors (Lipinski definition) is 4. The second-order valence-electron chi connectivity index (χ2n) is 5.34. The van der Waals surface area contributed by atoms with Crippen molar-refractivity contribution in [2.24, 2.45) is 5.73 Å². The molecule has 2 aromatic carbocycles. The normalized spacial score (nSPS) is 17.5. The van der Waals surface area contributed by atoms with Crippen LogP contribution in [0.2, 0.25) is 0 Å². The molecule has 0 fully saturated rings. The maximum Gasteiger partial charge on any atom is 0.231 e. The van der Waals surface area contributed by atoms with E-state index in [2.05, 4.69) is 18.2 Å². The van der Waals surface area contributed by atoms with Crippen molar-refractivity contribution in [1.29, 1.82) is 0 Å². The van der Waals surface area contributed by atoms with Gasteiger partial charge in [-0.15, -0.1) is 0 Å². The lowest BCUT2D eigenvalue weighted by Gasteiger charge is -2.14. The average molecular weight is 283 g/mol. The zero-order valence-corrected chi connectivity index (χ0v) is 11.9. The van der Waals surface area contributed by atoms with Gasteiger partial charge < -0.3 is 19.9 Å². The number of methoxy groups -OCH3 is 1. The minimum absolute atomic E-state index is 0.242. The second kappa shape index (κ2) is 4.67. The zero-order chi connectivity index (χ0) is 14.4. The van der Waals surface area contributed by atoms with Gasteiger partial charge >= 0.3 is 0 Å². The smallest absolute Gasteiger partial charge is 0.231 e. The highest BCUT2D eigenvalue weighted by Crippen LogP contribution is 2.54. The summed E-state index contributed by atoms with van der Waals surface area (Å²) >= 11 is 0. The Labute approximate surface area is 123 Å². The van der Waals surface area contributed by atoms with Gasteiger partial charge in [-0.25, -0.2) is 0 Å². The summed E-state index contributed by atoms with van der Waals surface area (Å²) < 4.78 is 16.6. The predicted molar refractivity (Wildman–Crippen MR) is 80.1 cm³/mol. The monoisotopic (exact) mass is 283 g/mol. The lowest BCUT2D eigenvalue weighted by Crippen LogP contribution is -2.07. The number of hydrogen-bond donors (Lipinski definition) is 1. The average Bonchev–Trinajstić information content (AvgIpc) is 3.10. The van der Waals surface area contributed by atoms with Gasteiger partial charge in [-0.05, 0) is 47.9 Å². The fraction of sp³-hybridized carbons (Fsp3) is 0.294. The standard InChI is InChI=1S/C17H17NO3/c1-19-10-2-3-11-12-4-5-15-17(21-9-20-15)16(12)13(6-7-18)14(11)8-10/h2-5,8,13H,6-7,9,18H2,1H3. The van der Waals surface area contributed by atoms with E-state index in [0.717, 1.165) is 23.7 Å². The number of ether oxygens (including phenoxy) is 3. The minimum Gasteiger partial charge on any atom is -0.497 e. The zero-order valence-electron chi connectivity index (χ0n) is 11.9. The van der Waals surface area contributed by atoms with Crippen LogP contribution < -0.4 is 19.9 Å². The summed E-state index contributed by atoms with van der Waals surface area (Å²) in [6.07, 6.45) is 0.882. The molecule has 4 heteroatoms. The van der Waals surface area contributed by atoms with Gasteiger partial charge in [0.1, 0.15) is 5.75 Å². The Hall–Kier alpha value is -2.20. The van der Waals surface area contributed by atoms with Gasteiger partial charge in [0.05, 0.1) is 7.11 Å². The van der Waals surface area contributed by atoms with Crippen LogP contribution in [0.15, 0.2) is 30.3 Å². The van der Waals surface area contributed by atoms with Crippen LogP contribution in [0.3, 0.4) is 0 Å². The molecule has 1 aliphatic heterocycles. The summed E-state index contributed by atoms with van der Waals surface area (Å²) in [6, 6.07) is 10.3. The predicted octanol–water partition coefficient (Wildman–Crippen LogP) is 2.89. The van der Waals surface area contributed by atoms with Gasteiger partial charge in [0.15, 0.2) is 11.5 Å². The molecule has 2 aromatic rings. The molecule has 21 heavy (non-hydrogen) atoms. The first-order chi connectivity index (χ1) is 10.3. The van der Waals surface area contributed by atoms with Crippen molar-refractivity contribution in [1.82, 2.24) is 0 Å². The minimum atomic E-state index is 0.242. The fourth-order valence-corrected chi connectivity index (χ4v) is 3.40. The molecule has 1 aliphatic carbocycles. The Balaban J connectivity index is 1.94. The fourth-order valence-electron chi connectivity index (χ4n) is 3.40. The highest BCUT2D eigenvalue weighted by molar-refractivity contribution is 5.83. The third kappa shape index (κ3) is 1.72. The van der Waals surface area contributed by atoms with Crippen LogP contribution in [-0.4, -0.2) is 20.4 Å². The summed E-state index contributed by atoms with van der Waals surface area (Å²) in [4.78, 5) is 0. The summed E-state index contributed by atoms with van der Waals surface area (Å²) in [7, 11) is 1.69. The first-order valence-electron chi connectivity index (χ1n) is 7.14. The topological polar surface area (TPSA) is 53.7 Å². The van der Waals surface area contributed by atoms with Crippen LogP contribution in [0.25, 0.3) is 11.1 Å². The second-order valence-corrected chi connectivity index (χ2v) is 5.34. The number of fused-ring (bicyclic) bond motifs is 5. The molecule has 0 bridgehead atoms. The lowest BCUT2D eigenvalue weighted by molar-refractivity contribution is 0.173. The van der Waals surface area contributed by atoms with Gasteiger partial charge in [-0.1, -0.05) is 12.1 Å². The van der Waals surface area contributed by atoms with E-state index in [4.69, 9.17) is 19.9 Å². The molecular weight excluding hydrogens is 266 g/mol. The van der Waals surface area contributed by atoms with E-state index in [1.165, 1.54) is 22.3 Å². The van der Waals surface area contributed by atoms with E-state index < -0.39 is 0 Å². The van der Waals surface area contributed by atoms with Gasteiger partial charge in [-0.2, -0.15) is 0 Å². The highest BCUT2D eigenvalue weighted by Gasteiger charge is 2.34. The SMILES string of the molecule is COc1ccc2c(c1)C(CCN)c1c-2ccc2c1OCO2. The third-order valence-electron chi connectivity index (χ3n) is 4.31. The Bertz CT molecular complexity index is 711. The third-order valence-corrected chi connectivity index (χ3v) is 4.31. The molecule has 4 nitrogen and oxygen atoms in total. The molecule has 1 unspecified atom stereocenters. The van der Waals surface area contributed by atoms with Crippen molar-refractivity contribution >= 4 is 0 Å². The maximum atomic E-state index is 5.84. The molecule has 0 saturated carbocycles. The van der Waals surface area contributed by atoms with Crippen LogP contribution in [0, 0.1) is 0 Å². The van der Waals surface area contributed by atoms with Crippen molar-refractivity contribution in [3.05, 3.63) is 41.5 Å². The first-order valence-corrected chi connectivity index (χ1v) is 7.14. The molecule has 0 spiro atoms. The molecule has 0 amide bonds. The van der Waals surface area contributed by atoms with Gasteiger partial charge in [0.25, 0.3) is 0 Å². The summed E-state index contributed by atoms with van der Waals surface area (Å²) in [5.41, 5.74) is 10.8. The van der Waals surface area contributed by atoms with Crippen LogP contribution in [0.4, 0.5) is 0 Å². The Morgan fingerprint density at radius 1 is 1.19 bits per heavy atom.